The molecule has 0 atom stereocenters. The van der Waals surface area contributed by atoms with Gasteiger partial charge in [-0.15, -0.1) is 11.3 Å². The molecule has 10 rings (SSSR count). The quantitative estimate of drug-likeness (QED) is 0.161. The summed E-state index contributed by atoms with van der Waals surface area (Å²) < 4.78 is 4.87. The molecule has 1 aliphatic rings. The van der Waals surface area contributed by atoms with Gasteiger partial charge in [-0.1, -0.05) is 142 Å². The Bertz CT molecular complexity index is 3050. The predicted molar refractivity (Wildman–Crippen MR) is 228 cm³/mol. The molecular weight excluding hydrogens is 677 g/mol. The average molecular weight is 713 g/mol. The second kappa shape index (κ2) is 12.3. The first-order chi connectivity index (χ1) is 26.4. The van der Waals surface area contributed by atoms with Gasteiger partial charge in [0.1, 0.15) is 0 Å². The molecule has 0 saturated carbocycles. The summed E-state index contributed by atoms with van der Waals surface area (Å²) in [5.74, 6) is 1.76. The van der Waals surface area contributed by atoms with Gasteiger partial charge < -0.3 is 0 Å². The summed E-state index contributed by atoms with van der Waals surface area (Å²) >= 11 is 1.88. The molecule has 3 aromatic heterocycles. The molecule has 0 spiro atoms. The van der Waals surface area contributed by atoms with Gasteiger partial charge in [0.15, 0.2) is 11.6 Å². The molecule has 0 amide bonds. The second-order valence-electron chi connectivity index (χ2n) is 14.4. The summed E-state index contributed by atoms with van der Waals surface area (Å²) in [6.45, 7) is 10.8. The molecule has 54 heavy (non-hydrogen) atoms. The smallest absolute Gasteiger partial charge is 0.238 e. The average Bonchev–Trinajstić information content (AvgIpc) is 3.83. The number of hydrogen-bond donors (Lipinski definition) is 0. The highest BCUT2D eigenvalue weighted by atomic mass is 32.1. The van der Waals surface area contributed by atoms with Crippen LogP contribution in [0.1, 0.15) is 37.7 Å². The Labute approximate surface area is 318 Å². The van der Waals surface area contributed by atoms with E-state index < -0.39 is 0 Å². The first kappa shape index (κ1) is 32.2. The lowest BCUT2D eigenvalue weighted by Gasteiger charge is -2.22. The molecule has 0 fully saturated rings. The number of aromatic nitrogens is 4. The molecule has 3 heterocycles. The molecular formula is C49H36N4S. The van der Waals surface area contributed by atoms with Crippen molar-refractivity contribution in [3.8, 4) is 39.6 Å². The minimum atomic E-state index is -0.205. The maximum absolute atomic E-state index is 5.16. The third-order valence-electron chi connectivity index (χ3n) is 11.0. The molecule has 0 aliphatic heterocycles. The van der Waals surface area contributed by atoms with Gasteiger partial charge in [-0.25, -0.2) is 4.98 Å². The van der Waals surface area contributed by atoms with Crippen LogP contribution in [0.15, 0.2) is 158 Å². The fraction of sp³-hybridized carbons (Fsp3) is 0.0816. The van der Waals surface area contributed by atoms with Crippen LogP contribution in [0.5, 0.6) is 0 Å². The van der Waals surface area contributed by atoms with Crippen molar-refractivity contribution in [1.82, 2.24) is 19.5 Å². The SMILES string of the molecule is C=C/C(=C\C=C/C)c1nc(-c2ccccc2)nc(-n2c3ccccc3c3cc4c(cc32)-c2ccc(-c3cccc5c3sc3ccccc35)cc2C4(C)C)n1. The predicted octanol–water partition coefficient (Wildman–Crippen LogP) is 13.1. The Morgan fingerprint density at radius 2 is 1.41 bits per heavy atom. The Kier molecular flexibility index (Phi) is 7.36. The first-order valence-electron chi connectivity index (χ1n) is 18.4. The van der Waals surface area contributed by atoms with E-state index in [-0.39, 0.29) is 5.41 Å². The van der Waals surface area contributed by atoms with E-state index in [9.17, 15) is 0 Å². The molecule has 5 heteroatoms. The van der Waals surface area contributed by atoms with Gasteiger partial charge in [-0.3, -0.25) is 4.57 Å². The standard InChI is InChI=1S/C49H36N4S/c1-5-7-16-30(6-2)46-50-47(31-17-9-8-10-18-31)52-48(51-46)53-42-23-13-11-19-35(42)39-28-41-38(29-43(39)53)34-26-25-32(27-40(34)49(41,3)4)33-21-15-22-37-36-20-12-14-24-44(36)54-45(33)37/h5-29H,2H2,1,3-4H3/b7-5-,30-16+. The zero-order chi connectivity index (χ0) is 36.6. The fourth-order valence-corrected chi connectivity index (χ4v) is 9.54. The zero-order valence-electron chi connectivity index (χ0n) is 30.3. The van der Waals surface area contributed by atoms with Crippen LogP contribution >= 0.6 is 11.3 Å². The summed E-state index contributed by atoms with van der Waals surface area (Å²) in [7, 11) is 0. The molecule has 0 unspecified atom stereocenters. The van der Waals surface area contributed by atoms with Crippen LogP contribution in [0.25, 0.3) is 87.1 Å². The van der Waals surface area contributed by atoms with Gasteiger partial charge in [0.25, 0.3) is 0 Å². The Morgan fingerprint density at radius 1 is 0.648 bits per heavy atom. The summed E-state index contributed by atoms with van der Waals surface area (Å²) in [5, 5.41) is 4.98. The summed E-state index contributed by atoms with van der Waals surface area (Å²) in [6, 6.07) is 46.0. The monoisotopic (exact) mass is 712 g/mol. The van der Waals surface area contributed by atoms with Gasteiger partial charge in [0, 0.05) is 47.5 Å². The topological polar surface area (TPSA) is 43.6 Å². The van der Waals surface area contributed by atoms with Gasteiger partial charge in [-0.05, 0) is 70.6 Å². The van der Waals surface area contributed by atoms with Crippen molar-refractivity contribution in [2.45, 2.75) is 26.2 Å². The maximum Gasteiger partial charge on any atom is 0.238 e. The number of fused-ring (bicyclic) bond motifs is 9. The lowest BCUT2D eigenvalue weighted by Crippen LogP contribution is -2.15. The highest BCUT2D eigenvalue weighted by Crippen LogP contribution is 2.52. The molecule has 0 radical (unpaired) electrons. The summed E-state index contributed by atoms with van der Waals surface area (Å²) in [4.78, 5) is 15.3. The van der Waals surface area contributed by atoms with Crippen molar-refractivity contribution in [3.05, 3.63) is 175 Å². The van der Waals surface area contributed by atoms with Crippen LogP contribution < -0.4 is 0 Å². The van der Waals surface area contributed by atoms with Crippen molar-refractivity contribution in [1.29, 1.82) is 0 Å². The molecule has 0 N–H and O–H groups in total. The number of rotatable bonds is 6. The van der Waals surface area contributed by atoms with E-state index in [4.69, 9.17) is 15.0 Å². The Morgan fingerprint density at radius 3 is 2.24 bits per heavy atom. The van der Waals surface area contributed by atoms with Crippen LogP contribution in [-0.4, -0.2) is 19.5 Å². The van der Waals surface area contributed by atoms with Gasteiger partial charge in [0.2, 0.25) is 5.95 Å². The fourth-order valence-electron chi connectivity index (χ4n) is 8.30. The minimum absolute atomic E-state index is 0.205. The number of para-hydroxylation sites is 1. The molecule has 0 saturated heterocycles. The van der Waals surface area contributed by atoms with Gasteiger partial charge in [0.05, 0.1) is 11.0 Å². The third-order valence-corrected chi connectivity index (χ3v) is 12.2. The van der Waals surface area contributed by atoms with Crippen LogP contribution in [0.2, 0.25) is 0 Å². The Balaban J connectivity index is 1.20. The van der Waals surface area contributed by atoms with E-state index >= 15 is 0 Å². The number of nitrogens with zero attached hydrogens (tertiary/aromatic N) is 4. The molecule has 0 bridgehead atoms. The van der Waals surface area contributed by atoms with E-state index in [1.165, 1.54) is 58.9 Å². The van der Waals surface area contributed by atoms with Crippen molar-refractivity contribution in [2.75, 3.05) is 0 Å². The highest BCUT2D eigenvalue weighted by Gasteiger charge is 2.37. The van der Waals surface area contributed by atoms with Crippen molar-refractivity contribution in [3.63, 3.8) is 0 Å². The number of benzene rings is 6. The third kappa shape index (κ3) is 4.85. The van der Waals surface area contributed by atoms with Crippen LogP contribution in [0.3, 0.4) is 0 Å². The number of thiophene rings is 1. The first-order valence-corrected chi connectivity index (χ1v) is 19.2. The van der Waals surface area contributed by atoms with Crippen LogP contribution in [-0.2, 0) is 5.41 Å². The molecule has 9 aromatic rings. The second-order valence-corrected chi connectivity index (χ2v) is 15.5. The Hall–Kier alpha value is -6.43. The van der Waals surface area contributed by atoms with Crippen molar-refractivity contribution >= 4 is 58.9 Å². The van der Waals surface area contributed by atoms with Gasteiger partial charge >= 0.3 is 0 Å². The minimum Gasteiger partial charge on any atom is -0.278 e. The summed E-state index contributed by atoms with van der Waals surface area (Å²) in [5.41, 5.74) is 11.4. The number of allylic oxidation sites excluding steroid dienone is 5. The van der Waals surface area contributed by atoms with E-state index in [1.807, 2.05) is 66.8 Å². The van der Waals surface area contributed by atoms with E-state index in [0.717, 1.165) is 27.6 Å². The number of hydrogen-bond acceptors (Lipinski definition) is 4. The van der Waals surface area contributed by atoms with Crippen molar-refractivity contribution in [2.24, 2.45) is 0 Å². The zero-order valence-corrected chi connectivity index (χ0v) is 31.2. The van der Waals surface area contributed by atoms with Crippen LogP contribution in [0, 0.1) is 0 Å². The highest BCUT2D eigenvalue weighted by molar-refractivity contribution is 7.26. The molecule has 6 aromatic carbocycles. The van der Waals surface area contributed by atoms with E-state index in [1.54, 1.807) is 6.08 Å². The van der Waals surface area contributed by atoms with Crippen molar-refractivity contribution < 1.29 is 0 Å². The molecule has 4 nitrogen and oxygen atoms in total. The van der Waals surface area contributed by atoms with Gasteiger partial charge in [-0.2, -0.15) is 9.97 Å². The molecule has 258 valence electrons. The molecule has 1 aliphatic carbocycles. The normalized spacial score (nSPS) is 13.7. The summed E-state index contributed by atoms with van der Waals surface area (Å²) in [6.07, 6.45) is 7.78. The largest absolute Gasteiger partial charge is 0.278 e. The van der Waals surface area contributed by atoms with Crippen LogP contribution in [0.4, 0.5) is 0 Å². The lowest BCUT2D eigenvalue weighted by atomic mass is 9.81. The maximum atomic E-state index is 5.16. The van der Waals surface area contributed by atoms with E-state index in [2.05, 4.69) is 122 Å². The lowest BCUT2D eigenvalue weighted by molar-refractivity contribution is 0.661. The van der Waals surface area contributed by atoms with E-state index in [0.29, 0.717) is 17.6 Å².